The molecule has 0 fully saturated rings. The number of rotatable bonds is 4. The molecule has 0 atom stereocenters. The summed E-state index contributed by atoms with van der Waals surface area (Å²) < 4.78 is 190. The van der Waals surface area contributed by atoms with Crippen LogP contribution in [0.25, 0.3) is 111 Å². The van der Waals surface area contributed by atoms with Gasteiger partial charge in [0.15, 0.2) is 17.5 Å². The summed E-state index contributed by atoms with van der Waals surface area (Å²) in [4.78, 5) is 13.4. The second kappa shape index (κ2) is 11.2. The zero-order chi connectivity index (χ0) is 51.6. The van der Waals surface area contributed by atoms with E-state index in [1.54, 1.807) is 30.3 Å². The Morgan fingerprint density at radius 3 is 1.98 bits per heavy atom. The van der Waals surface area contributed by atoms with Crippen LogP contribution in [0.2, 0.25) is 0 Å². The van der Waals surface area contributed by atoms with E-state index >= 15 is 0 Å². The van der Waals surface area contributed by atoms with Crippen molar-refractivity contribution in [2.24, 2.45) is 0 Å². The summed E-state index contributed by atoms with van der Waals surface area (Å²) in [6, 6.07) is -1.80. The molecule has 3 aromatic heterocycles. The van der Waals surface area contributed by atoms with Gasteiger partial charge in [-0.2, -0.15) is 0 Å². The minimum atomic E-state index is -0.828. The molecular formula is C47H27N3O2. The molecule has 52 heavy (non-hydrogen) atoms. The molecule has 5 nitrogen and oxygen atoms in total. The van der Waals surface area contributed by atoms with Crippen molar-refractivity contribution in [3.05, 3.63) is 163 Å². The first-order valence-corrected chi connectivity index (χ1v) is 15.7. The van der Waals surface area contributed by atoms with Gasteiger partial charge in [-0.1, -0.05) is 127 Å². The lowest BCUT2D eigenvalue weighted by molar-refractivity contribution is 0.668. The standard InChI is InChI=1S/C47H27N3O2/c1-2-13-29(14-3-1)45-48-46(50-47(49-45)36-21-11-23-41-44(36)35-19-8-9-22-39(35)51-41)30-24-25-40-38(26-30)43-34-18-7-6-17-33(34)37(27-42(43)52-40)32-20-10-15-28-12-4-5-16-31(28)32/h1-27H/i1D,2D,3D,6D,7D,8D,9D,11D,13D,14D,17D,18D,19D,21D,22D,23D,24D,25D,26D,27D. The number of hydrogen-bond donors (Lipinski definition) is 0. The summed E-state index contributed by atoms with van der Waals surface area (Å²) in [5, 5.41) is -0.184. The molecule has 5 heteroatoms. The Labute approximate surface area is 325 Å². The molecule has 0 amide bonds. The van der Waals surface area contributed by atoms with Gasteiger partial charge in [-0.3, -0.25) is 0 Å². The van der Waals surface area contributed by atoms with Crippen molar-refractivity contribution in [1.29, 1.82) is 0 Å². The number of benzene rings is 8. The highest BCUT2D eigenvalue weighted by molar-refractivity contribution is 6.23. The van der Waals surface area contributed by atoms with Gasteiger partial charge < -0.3 is 8.83 Å². The summed E-state index contributed by atoms with van der Waals surface area (Å²) in [7, 11) is 0. The second-order valence-corrected chi connectivity index (χ2v) is 11.6. The van der Waals surface area contributed by atoms with Crippen LogP contribution in [0, 0.1) is 0 Å². The van der Waals surface area contributed by atoms with E-state index in [0.29, 0.717) is 10.9 Å². The van der Waals surface area contributed by atoms with Gasteiger partial charge in [0.2, 0.25) is 0 Å². The average molecular weight is 686 g/mol. The van der Waals surface area contributed by atoms with E-state index < -0.39 is 166 Å². The second-order valence-electron chi connectivity index (χ2n) is 11.6. The molecule has 11 aromatic rings. The Bertz CT molecular complexity index is 4330. The molecule has 0 unspecified atom stereocenters. The quantitative estimate of drug-likeness (QED) is 0.184. The normalized spacial score (nSPS) is 17.2. The third kappa shape index (κ3) is 4.39. The van der Waals surface area contributed by atoms with Crippen molar-refractivity contribution in [3.63, 3.8) is 0 Å². The summed E-state index contributed by atoms with van der Waals surface area (Å²) >= 11 is 0. The number of para-hydroxylation sites is 1. The summed E-state index contributed by atoms with van der Waals surface area (Å²) in [6.45, 7) is 0. The number of fused-ring (bicyclic) bond motifs is 9. The largest absolute Gasteiger partial charge is 0.456 e. The molecule has 0 aliphatic carbocycles. The van der Waals surface area contributed by atoms with E-state index in [1.165, 1.54) is 0 Å². The van der Waals surface area contributed by atoms with Crippen LogP contribution < -0.4 is 0 Å². The fourth-order valence-electron chi connectivity index (χ4n) is 6.46. The average Bonchev–Trinajstić information content (AvgIpc) is 3.97. The zero-order valence-electron chi connectivity index (χ0n) is 46.2. The molecule has 0 aliphatic heterocycles. The highest BCUT2D eigenvalue weighted by Crippen LogP contribution is 2.43. The fourth-order valence-corrected chi connectivity index (χ4v) is 6.46. The van der Waals surface area contributed by atoms with Gasteiger partial charge >= 0.3 is 0 Å². The molecule has 0 saturated heterocycles. The molecule has 11 rings (SSSR count). The van der Waals surface area contributed by atoms with Crippen LogP contribution in [-0.2, 0) is 0 Å². The molecule has 0 saturated carbocycles. The van der Waals surface area contributed by atoms with E-state index in [2.05, 4.69) is 15.0 Å². The van der Waals surface area contributed by atoms with Crippen LogP contribution in [0.5, 0.6) is 0 Å². The molecule has 3 heterocycles. The van der Waals surface area contributed by atoms with E-state index in [0.717, 1.165) is 5.39 Å². The number of hydrogen-bond acceptors (Lipinski definition) is 5. The van der Waals surface area contributed by atoms with Crippen molar-refractivity contribution >= 4 is 65.4 Å². The van der Waals surface area contributed by atoms with Gasteiger partial charge in [0.1, 0.15) is 22.3 Å². The van der Waals surface area contributed by atoms with E-state index in [-0.39, 0.29) is 49.5 Å². The Morgan fingerprint density at radius 2 is 1.08 bits per heavy atom. The molecule has 8 aromatic carbocycles. The van der Waals surface area contributed by atoms with Gasteiger partial charge in [-0.05, 0) is 68.9 Å². The summed E-state index contributed by atoms with van der Waals surface area (Å²) in [6.07, 6.45) is 0. The van der Waals surface area contributed by atoms with Gasteiger partial charge in [0.05, 0.1) is 27.4 Å². The third-order valence-corrected chi connectivity index (χ3v) is 8.70. The predicted molar refractivity (Wildman–Crippen MR) is 211 cm³/mol. The molecule has 0 N–H and O–H groups in total. The Kier molecular flexibility index (Phi) is 3.32. The minimum absolute atomic E-state index is 0.0525. The Morgan fingerprint density at radius 1 is 0.385 bits per heavy atom. The highest BCUT2D eigenvalue weighted by Gasteiger charge is 2.20. The summed E-state index contributed by atoms with van der Waals surface area (Å²) in [5.74, 6) is -2.11. The molecule has 0 spiro atoms. The van der Waals surface area contributed by atoms with Crippen molar-refractivity contribution in [2.45, 2.75) is 0 Å². The third-order valence-electron chi connectivity index (χ3n) is 8.70. The van der Waals surface area contributed by atoms with Crippen LogP contribution >= 0.6 is 0 Å². The van der Waals surface area contributed by atoms with Crippen LogP contribution in [0.4, 0.5) is 0 Å². The molecule has 0 bridgehead atoms. The SMILES string of the molecule is [2H]c1c([2H])c([2H])c(-c2nc(-c3c([2H])c([2H])c4oc5c([2H])c(-c6cccc7ccccc67)c6c([2H])c([2H])c([2H])c([2H])c6c5c4c3[2H])nc(-c3c([2H])c([2H])c([2H])c4oc5c([2H])c([2H])c([2H])c([2H])c5c34)n2)c([2H])c1[2H]. The lowest BCUT2D eigenvalue weighted by Crippen LogP contribution is -2.00. The number of furan rings is 2. The van der Waals surface area contributed by atoms with E-state index in [1.807, 2.05) is 12.1 Å². The van der Waals surface area contributed by atoms with Gasteiger partial charge in [0.25, 0.3) is 0 Å². The predicted octanol–water partition coefficient (Wildman–Crippen LogP) is 12.6. The first kappa shape index (κ1) is 15.4. The zero-order valence-corrected chi connectivity index (χ0v) is 26.2. The van der Waals surface area contributed by atoms with Crippen molar-refractivity contribution in [1.82, 2.24) is 15.0 Å². The van der Waals surface area contributed by atoms with Crippen molar-refractivity contribution in [2.75, 3.05) is 0 Å². The van der Waals surface area contributed by atoms with E-state index in [4.69, 9.17) is 26.7 Å². The Balaban J connectivity index is 1.32. The maximum Gasteiger partial charge on any atom is 0.164 e. The highest BCUT2D eigenvalue weighted by atomic mass is 16.3. The topological polar surface area (TPSA) is 65.0 Å². The van der Waals surface area contributed by atoms with Gasteiger partial charge in [-0.25, -0.2) is 15.0 Å². The van der Waals surface area contributed by atoms with E-state index in [9.17, 15) is 9.60 Å². The van der Waals surface area contributed by atoms with Crippen LogP contribution in [-0.4, -0.2) is 15.0 Å². The first-order chi connectivity index (χ1) is 34.1. The molecular weight excluding hydrogens is 639 g/mol. The molecule has 0 radical (unpaired) electrons. The van der Waals surface area contributed by atoms with Crippen LogP contribution in [0.1, 0.15) is 27.4 Å². The minimum Gasteiger partial charge on any atom is -0.456 e. The van der Waals surface area contributed by atoms with Crippen molar-refractivity contribution < 1.29 is 36.2 Å². The Hall–Kier alpha value is -7.11. The lowest BCUT2D eigenvalue weighted by atomic mass is 9.92. The smallest absolute Gasteiger partial charge is 0.164 e. The summed E-state index contributed by atoms with van der Waals surface area (Å²) in [5.41, 5.74) is -3.03. The maximum atomic E-state index is 9.88. The first-order valence-electron chi connectivity index (χ1n) is 25.7. The monoisotopic (exact) mass is 685 g/mol. The number of nitrogens with zero attached hydrogens (tertiary/aromatic N) is 3. The lowest BCUT2D eigenvalue weighted by Gasteiger charge is -2.11. The molecule has 242 valence electrons. The fraction of sp³-hybridized carbons (Fsp3) is 0. The van der Waals surface area contributed by atoms with Crippen LogP contribution in [0.15, 0.2) is 172 Å². The van der Waals surface area contributed by atoms with Gasteiger partial charge in [0, 0.05) is 38.2 Å². The van der Waals surface area contributed by atoms with Gasteiger partial charge in [-0.15, -0.1) is 0 Å². The maximum absolute atomic E-state index is 9.88. The van der Waals surface area contributed by atoms with Crippen molar-refractivity contribution in [3.8, 4) is 45.3 Å². The molecule has 0 aliphatic rings. The number of aromatic nitrogens is 3. The van der Waals surface area contributed by atoms with Crippen LogP contribution in [0.3, 0.4) is 0 Å².